The number of aliphatic carboxylic acids is 1. The van der Waals surface area contributed by atoms with E-state index < -0.39 is 11.9 Å². The van der Waals surface area contributed by atoms with Crippen molar-refractivity contribution in [2.45, 2.75) is 95.9 Å². The van der Waals surface area contributed by atoms with Gasteiger partial charge in [-0.2, -0.15) is 0 Å². The Morgan fingerprint density at radius 2 is 1.13 bits per heavy atom. The molecule has 0 saturated carbocycles. The molecule has 4 N–H and O–H groups in total. The molecule has 0 spiro atoms. The molecule has 0 aliphatic rings. The Morgan fingerprint density at radius 1 is 0.696 bits per heavy atom. The number of carboxylic acid groups (broad SMARTS) is 1. The highest BCUT2D eigenvalue weighted by Crippen LogP contribution is 2.12. The van der Waals surface area contributed by atoms with Crippen LogP contribution < -0.4 is 0 Å². The lowest BCUT2D eigenvalue weighted by Gasteiger charge is -2.12. The normalized spacial score (nSPS) is 12.1. The van der Waals surface area contributed by atoms with Crippen molar-refractivity contribution in [2.24, 2.45) is 0 Å². The molecule has 5 nitrogen and oxygen atoms in total. The molecule has 0 aromatic rings. The molecule has 0 amide bonds. The number of aliphatic hydroxyl groups is 3. The van der Waals surface area contributed by atoms with E-state index in [-0.39, 0.29) is 6.42 Å². The lowest BCUT2D eigenvalue weighted by Crippen LogP contribution is -2.26. The number of unbranched alkanes of at least 4 members (excludes halogenated alkanes) is 10. The average molecular weight is 330 g/mol. The number of rotatable bonds is 16. The van der Waals surface area contributed by atoms with E-state index in [2.05, 4.69) is 12.2 Å². The van der Waals surface area contributed by atoms with Crippen LogP contribution in [-0.4, -0.2) is 32.4 Å². The SMILES string of the molecule is O=C(O)CCCCCCCCC/C=C/CCCCCC(O)(O)O. The van der Waals surface area contributed by atoms with Crippen LogP contribution in [0.3, 0.4) is 0 Å². The van der Waals surface area contributed by atoms with E-state index in [9.17, 15) is 4.79 Å². The van der Waals surface area contributed by atoms with Crippen LogP contribution in [0.25, 0.3) is 0 Å². The van der Waals surface area contributed by atoms with Crippen LogP contribution in [0.2, 0.25) is 0 Å². The Morgan fingerprint density at radius 3 is 1.61 bits per heavy atom. The van der Waals surface area contributed by atoms with Gasteiger partial charge < -0.3 is 20.4 Å². The molecule has 0 fully saturated rings. The van der Waals surface area contributed by atoms with Gasteiger partial charge in [-0.3, -0.25) is 4.79 Å². The van der Waals surface area contributed by atoms with Crippen LogP contribution in [0, 0.1) is 0 Å². The van der Waals surface area contributed by atoms with Crippen LogP contribution in [0.5, 0.6) is 0 Å². The number of hydrogen-bond acceptors (Lipinski definition) is 4. The summed E-state index contributed by atoms with van der Waals surface area (Å²) in [5, 5.41) is 34.7. The number of hydrogen-bond donors (Lipinski definition) is 4. The summed E-state index contributed by atoms with van der Waals surface area (Å²) in [5.74, 6) is -3.20. The lowest BCUT2D eigenvalue weighted by molar-refractivity contribution is -0.315. The van der Waals surface area contributed by atoms with Gasteiger partial charge in [0, 0.05) is 12.8 Å². The van der Waals surface area contributed by atoms with Gasteiger partial charge in [0.1, 0.15) is 0 Å². The summed E-state index contributed by atoms with van der Waals surface area (Å²) in [5.41, 5.74) is 0. The summed E-state index contributed by atoms with van der Waals surface area (Å²) in [6.07, 6.45) is 17.1. The highest BCUT2D eigenvalue weighted by molar-refractivity contribution is 5.66. The van der Waals surface area contributed by atoms with Gasteiger partial charge >= 0.3 is 5.97 Å². The maximum Gasteiger partial charge on any atom is 0.303 e. The Bertz CT molecular complexity index is 307. The summed E-state index contributed by atoms with van der Waals surface area (Å²) in [6.45, 7) is 0. The Labute approximate surface area is 140 Å². The van der Waals surface area contributed by atoms with Crippen LogP contribution in [0.15, 0.2) is 12.2 Å². The van der Waals surface area contributed by atoms with Gasteiger partial charge in [-0.15, -0.1) is 0 Å². The molecule has 0 aliphatic carbocycles. The predicted octanol–water partition coefficient (Wildman–Crippen LogP) is 3.72. The van der Waals surface area contributed by atoms with Gasteiger partial charge in [0.2, 0.25) is 0 Å². The van der Waals surface area contributed by atoms with Crippen LogP contribution in [0.1, 0.15) is 89.9 Å². The summed E-state index contributed by atoms with van der Waals surface area (Å²) in [6, 6.07) is 0. The molecule has 0 unspecified atom stereocenters. The lowest BCUT2D eigenvalue weighted by atomic mass is 10.1. The number of carboxylic acids is 1. The van der Waals surface area contributed by atoms with E-state index in [1.807, 2.05) is 0 Å². The molecular formula is C18H34O5. The zero-order valence-electron chi connectivity index (χ0n) is 14.3. The molecule has 5 heteroatoms. The smallest absolute Gasteiger partial charge is 0.303 e. The third-order valence-corrected chi connectivity index (χ3v) is 3.81. The second-order valence-corrected chi connectivity index (χ2v) is 6.25. The van der Waals surface area contributed by atoms with Gasteiger partial charge in [-0.1, -0.05) is 50.7 Å². The quantitative estimate of drug-likeness (QED) is 0.196. The van der Waals surface area contributed by atoms with Gasteiger partial charge in [-0.05, 0) is 38.5 Å². The van der Waals surface area contributed by atoms with Gasteiger partial charge in [0.15, 0.2) is 0 Å². The molecule has 0 aromatic carbocycles. The highest BCUT2D eigenvalue weighted by Gasteiger charge is 2.16. The van der Waals surface area contributed by atoms with E-state index in [1.54, 1.807) is 0 Å². The van der Waals surface area contributed by atoms with Gasteiger partial charge in [-0.25, -0.2) is 0 Å². The Balaban J connectivity index is 3.16. The minimum absolute atomic E-state index is 0.00697. The highest BCUT2D eigenvalue weighted by atomic mass is 16.7. The minimum atomic E-state index is -2.51. The second kappa shape index (κ2) is 14.7. The summed E-state index contributed by atoms with van der Waals surface area (Å²) in [4.78, 5) is 10.3. The molecule has 0 aromatic heterocycles. The molecule has 0 radical (unpaired) electrons. The van der Waals surface area contributed by atoms with Crippen molar-refractivity contribution >= 4 is 5.97 Å². The molecule has 23 heavy (non-hydrogen) atoms. The zero-order chi connectivity index (χ0) is 17.4. The van der Waals surface area contributed by atoms with Crippen LogP contribution in [-0.2, 0) is 4.79 Å². The maximum atomic E-state index is 10.3. The topological polar surface area (TPSA) is 98.0 Å². The molecule has 0 saturated heterocycles. The molecule has 0 heterocycles. The molecule has 0 bridgehead atoms. The molecule has 0 aliphatic heterocycles. The van der Waals surface area contributed by atoms with Crippen molar-refractivity contribution in [1.82, 2.24) is 0 Å². The maximum absolute atomic E-state index is 10.3. The first-order valence-corrected chi connectivity index (χ1v) is 8.96. The fraction of sp³-hybridized carbons (Fsp3) is 0.833. The second-order valence-electron chi connectivity index (χ2n) is 6.25. The van der Waals surface area contributed by atoms with E-state index in [0.29, 0.717) is 12.8 Å². The van der Waals surface area contributed by atoms with Crippen molar-refractivity contribution < 1.29 is 25.2 Å². The number of carbonyl (C=O) groups is 1. The average Bonchev–Trinajstić information content (AvgIpc) is 2.45. The van der Waals surface area contributed by atoms with Crippen molar-refractivity contribution in [2.75, 3.05) is 0 Å². The standard InChI is InChI=1S/C18H34O5/c19-17(20)15-13-11-9-7-5-3-1-2-4-6-8-10-12-14-16-18(21,22)23/h4,6,21-23H,1-3,5,7-16H2,(H,19,20)/b6-4+. The monoisotopic (exact) mass is 330 g/mol. The van der Waals surface area contributed by atoms with E-state index >= 15 is 0 Å². The summed E-state index contributed by atoms with van der Waals surface area (Å²) >= 11 is 0. The predicted molar refractivity (Wildman–Crippen MR) is 90.8 cm³/mol. The first-order valence-electron chi connectivity index (χ1n) is 8.96. The molecule has 136 valence electrons. The van der Waals surface area contributed by atoms with Crippen molar-refractivity contribution in [3.05, 3.63) is 12.2 Å². The Hall–Kier alpha value is -0.910. The largest absolute Gasteiger partial charge is 0.481 e. The zero-order valence-corrected chi connectivity index (χ0v) is 14.3. The van der Waals surface area contributed by atoms with Crippen LogP contribution in [0.4, 0.5) is 0 Å². The first kappa shape index (κ1) is 22.1. The minimum Gasteiger partial charge on any atom is -0.481 e. The summed E-state index contributed by atoms with van der Waals surface area (Å²) < 4.78 is 0. The van der Waals surface area contributed by atoms with Crippen molar-refractivity contribution in [3.8, 4) is 0 Å². The molecule has 0 rings (SSSR count). The van der Waals surface area contributed by atoms with Crippen LogP contribution >= 0.6 is 0 Å². The van der Waals surface area contributed by atoms with Crippen molar-refractivity contribution in [3.63, 3.8) is 0 Å². The fourth-order valence-electron chi connectivity index (χ4n) is 2.46. The summed E-state index contributed by atoms with van der Waals surface area (Å²) in [7, 11) is 0. The van der Waals surface area contributed by atoms with E-state index in [0.717, 1.165) is 44.9 Å². The Kier molecular flexibility index (Phi) is 14.1. The van der Waals surface area contributed by atoms with E-state index in [1.165, 1.54) is 25.7 Å². The van der Waals surface area contributed by atoms with Gasteiger partial charge in [0.05, 0.1) is 0 Å². The number of allylic oxidation sites excluding steroid dienone is 2. The van der Waals surface area contributed by atoms with Crippen molar-refractivity contribution in [1.29, 1.82) is 0 Å². The third kappa shape index (κ3) is 21.1. The first-order chi connectivity index (χ1) is 10.9. The fourth-order valence-corrected chi connectivity index (χ4v) is 2.46. The van der Waals surface area contributed by atoms with E-state index in [4.69, 9.17) is 20.4 Å². The molecule has 0 atom stereocenters. The van der Waals surface area contributed by atoms with Gasteiger partial charge in [0.25, 0.3) is 5.97 Å². The molecular weight excluding hydrogens is 296 g/mol. The third-order valence-electron chi connectivity index (χ3n) is 3.81.